The molecule has 1 unspecified atom stereocenters. The van der Waals surface area contributed by atoms with Crippen LogP contribution in [0.4, 0.5) is 11.6 Å². The highest BCUT2D eigenvalue weighted by molar-refractivity contribution is 6.32. The van der Waals surface area contributed by atoms with Crippen molar-refractivity contribution in [3.8, 4) is 0 Å². The van der Waals surface area contributed by atoms with Crippen LogP contribution < -0.4 is 5.32 Å². The van der Waals surface area contributed by atoms with Crippen LogP contribution in [0.25, 0.3) is 10.9 Å². The highest BCUT2D eigenvalue weighted by Crippen LogP contribution is 2.62. The molecule has 5 fully saturated rings. The number of likely N-dealkylation sites (tertiary alicyclic amines) is 1. The van der Waals surface area contributed by atoms with Crippen LogP contribution in [-0.4, -0.2) is 67.7 Å². The van der Waals surface area contributed by atoms with Gasteiger partial charge in [0.25, 0.3) is 0 Å². The zero-order valence-corrected chi connectivity index (χ0v) is 20.7. The fourth-order valence-corrected chi connectivity index (χ4v) is 6.91. The lowest BCUT2D eigenvalue weighted by Crippen LogP contribution is -2.59. The van der Waals surface area contributed by atoms with Gasteiger partial charge in [-0.05, 0) is 81.6 Å². The third-order valence-electron chi connectivity index (χ3n) is 9.07. The molecule has 0 amide bonds. The van der Waals surface area contributed by atoms with E-state index in [1.807, 2.05) is 18.5 Å². The summed E-state index contributed by atoms with van der Waals surface area (Å²) in [4.78, 5) is 11.7. The first-order chi connectivity index (χ1) is 16.9. The van der Waals surface area contributed by atoms with Crippen LogP contribution in [0.2, 0.25) is 5.02 Å². The third-order valence-corrected chi connectivity index (χ3v) is 9.40. The number of ether oxygens (including phenoxy) is 1. The lowest BCUT2D eigenvalue weighted by molar-refractivity contribution is -0.0977. The number of fused-ring (bicyclic) bond motifs is 1. The monoisotopic (exact) mass is 494 g/mol. The average Bonchev–Trinajstić information content (AvgIpc) is 3.38. The van der Waals surface area contributed by atoms with Gasteiger partial charge in [-0.25, -0.2) is 9.97 Å². The number of hydrogen-bond acceptors (Lipinski definition) is 7. The molecule has 1 aromatic carbocycles. The van der Waals surface area contributed by atoms with Crippen LogP contribution >= 0.6 is 11.6 Å². The van der Waals surface area contributed by atoms with Crippen molar-refractivity contribution in [2.75, 3.05) is 31.6 Å². The predicted octanol–water partition coefficient (Wildman–Crippen LogP) is 4.06. The summed E-state index contributed by atoms with van der Waals surface area (Å²) in [5.41, 5.74) is 2.94. The fourth-order valence-electron chi connectivity index (χ4n) is 6.59. The number of aliphatic hydroxyl groups excluding tert-OH is 1. The number of piperidine rings is 1. The van der Waals surface area contributed by atoms with Gasteiger partial charge in [0.1, 0.15) is 0 Å². The number of nitrogens with zero attached hydrogens (tertiary/aromatic N) is 5. The number of halogens is 1. The van der Waals surface area contributed by atoms with Crippen molar-refractivity contribution in [2.24, 2.45) is 5.92 Å². The van der Waals surface area contributed by atoms with Crippen molar-refractivity contribution in [2.45, 2.75) is 62.1 Å². The molecule has 35 heavy (non-hydrogen) atoms. The van der Waals surface area contributed by atoms with Gasteiger partial charge in [-0.3, -0.25) is 9.58 Å². The third kappa shape index (κ3) is 3.49. The fraction of sp³-hybridized carbons (Fsp3) is 0.577. The van der Waals surface area contributed by atoms with E-state index in [2.05, 4.69) is 44.2 Å². The summed E-state index contributed by atoms with van der Waals surface area (Å²) < 4.78 is 7.67. The number of anilines is 2. The van der Waals surface area contributed by atoms with E-state index in [1.54, 1.807) is 0 Å². The molecule has 2 atom stereocenters. The van der Waals surface area contributed by atoms with Gasteiger partial charge in [-0.1, -0.05) is 11.6 Å². The highest BCUT2D eigenvalue weighted by Gasteiger charge is 2.58. The molecule has 8 rings (SSSR count). The molecule has 2 aromatic heterocycles. The molecule has 4 heterocycles. The van der Waals surface area contributed by atoms with Gasteiger partial charge >= 0.3 is 0 Å². The Kier molecular flexibility index (Phi) is 4.94. The zero-order chi connectivity index (χ0) is 23.8. The summed E-state index contributed by atoms with van der Waals surface area (Å²) >= 11 is 6.73. The molecule has 184 valence electrons. The van der Waals surface area contributed by atoms with Crippen LogP contribution in [0, 0.1) is 5.92 Å². The van der Waals surface area contributed by atoms with E-state index in [0.29, 0.717) is 25.1 Å². The molecule has 2 bridgehead atoms. The van der Waals surface area contributed by atoms with Crippen LogP contribution in [0.3, 0.4) is 0 Å². The molecule has 5 aliphatic rings. The van der Waals surface area contributed by atoms with Gasteiger partial charge in [-0.15, -0.1) is 0 Å². The SMILES string of the molecule is CC1(N2CCC(c3cc4nc(Nc5cnn(C67CC(C6)C7)c5)ncc4cc3Cl)CC2)COC[C@H]1O. The van der Waals surface area contributed by atoms with Crippen molar-refractivity contribution in [1.82, 2.24) is 24.6 Å². The van der Waals surface area contributed by atoms with E-state index in [4.69, 9.17) is 21.3 Å². The van der Waals surface area contributed by atoms with Crippen LogP contribution in [0.1, 0.15) is 50.5 Å². The molecule has 8 nitrogen and oxygen atoms in total. The van der Waals surface area contributed by atoms with Gasteiger partial charge in [0.2, 0.25) is 5.95 Å². The molecular weight excluding hydrogens is 464 g/mol. The van der Waals surface area contributed by atoms with Crippen LogP contribution in [0.5, 0.6) is 0 Å². The molecule has 3 saturated carbocycles. The minimum absolute atomic E-state index is 0.274. The summed E-state index contributed by atoms with van der Waals surface area (Å²) in [6.45, 7) is 4.95. The van der Waals surface area contributed by atoms with Crippen LogP contribution in [-0.2, 0) is 10.3 Å². The topological polar surface area (TPSA) is 88.3 Å². The molecule has 0 radical (unpaired) electrons. The van der Waals surface area contributed by atoms with Crippen molar-refractivity contribution in [1.29, 1.82) is 0 Å². The summed E-state index contributed by atoms with van der Waals surface area (Å²) in [6, 6.07) is 4.12. The number of aromatic nitrogens is 4. The summed E-state index contributed by atoms with van der Waals surface area (Å²) in [5.74, 6) is 1.85. The molecule has 9 heteroatoms. The number of benzene rings is 1. The molecular formula is C26H31ClN6O2. The van der Waals surface area contributed by atoms with Crippen molar-refractivity contribution < 1.29 is 9.84 Å². The molecule has 3 aliphatic carbocycles. The first kappa shape index (κ1) is 22.0. The maximum atomic E-state index is 10.4. The van der Waals surface area contributed by atoms with E-state index in [-0.39, 0.29) is 11.1 Å². The van der Waals surface area contributed by atoms with Gasteiger partial charge in [0.15, 0.2) is 0 Å². The summed E-state index contributed by atoms with van der Waals surface area (Å²) in [6.07, 6.45) is 11.1. The molecule has 0 spiro atoms. The molecule has 3 aromatic rings. The van der Waals surface area contributed by atoms with Crippen molar-refractivity contribution in [3.05, 3.63) is 41.3 Å². The smallest absolute Gasteiger partial charge is 0.227 e. The zero-order valence-electron chi connectivity index (χ0n) is 20.0. The normalized spacial score (nSPS) is 33.0. The van der Waals surface area contributed by atoms with E-state index >= 15 is 0 Å². The number of hydrogen-bond donors (Lipinski definition) is 2. The van der Waals surface area contributed by atoms with E-state index < -0.39 is 6.10 Å². The lowest BCUT2D eigenvalue weighted by Gasteiger charge is -2.61. The number of rotatable bonds is 5. The van der Waals surface area contributed by atoms with E-state index in [9.17, 15) is 5.11 Å². The summed E-state index contributed by atoms with van der Waals surface area (Å²) in [5, 5.41) is 20.1. The Balaban J connectivity index is 1.08. The van der Waals surface area contributed by atoms with Crippen molar-refractivity contribution in [3.63, 3.8) is 0 Å². The first-order valence-electron chi connectivity index (χ1n) is 12.7. The molecule has 2 N–H and O–H groups in total. The largest absolute Gasteiger partial charge is 0.389 e. The standard InChI is InChI=1S/C26H31ClN6O2/c1-25(15-35-14-23(25)34)32-4-2-17(3-5-32)20-7-22-18(6-21(20)27)11-28-24(31-22)30-19-12-29-33(13-19)26-8-16(9-26)10-26/h6-7,11-13,16-17,23,34H,2-5,8-10,14-15H2,1H3,(H,28,30,31)/t16?,23-,25?,26?/m1/s1. The van der Waals surface area contributed by atoms with E-state index in [0.717, 1.165) is 59.0 Å². The Bertz CT molecular complexity index is 1270. The number of aliphatic hydroxyl groups is 1. The Morgan fingerprint density at radius 1 is 1.17 bits per heavy atom. The second kappa shape index (κ2) is 7.87. The van der Waals surface area contributed by atoms with Gasteiger partial charge in [-0.2, -0.15) is 5.10 Å². The second-order valence-corrected chi connectivity index (χ2v) is 11.7. The molecule has 2 aliphatic heterocycles. The minimum Gasteiger partial charge on any atom is -0.389 e. The first-order valence-corrected chi connectivity index (χ1v) is 13.1. The maximum absolute atomic E-state index is 10.4. The van der Waals surface area contributed by atoms with Crippen molar-refractivity contribution >= 4 is 34.1 Å². The molecule has 2 saturated heterocycles. The minimum atomic E-state index is -0.433. The van der Waals surface area contributed by atoms with E-state index in [1.165, 1.54) is 19.3 Å². The Hall–Kier alpha value is -2.26. The Morgan fingerprint density at radius 2 is 1.97 bits per heavy atom. The Labute approximate surface area is 209 Å². The highest BCUT2D eigenvalue weighted by atomic mass is 35.5. The Morgan fingerprint density at radius 3 is 2.66 bits per heavy atom. The quantitative estimate of drug-likeness (QED) is 0.553. The van der Waals surface area contributed by atoms with Gasteiger partial charge in [0, 0.05) is 22.8 Å². The second-order valence-electron chi connectivity index (χ2n) is 11.3. The van der Waals surface area contributed by atoms with Crippen LogP contribution in [0.15, 0.2) is 30.7 Å². The lowest BCUT2D eigenvalue weighted by atomic mass is 9.50. The van der Waals surface area contributed by atoms with Gasteiger partial charge in [0.05, 0.1) is 47.8 Å². The maximum Gasteiger partial charge on any atom is 0.227 e. The van der Waals surface area contributed by atoms with Gasteiger partial charge < -0.3 is 15.2 Å². The predicted molar refractivity (Wildman–Crippen MR) is 134 cm³/mol. The number of nitrogens with one attached hydrogen (secondary N) is 1. The average molecular weight is 495 g/mol. The summed E-state index contributed by atoms with van der Waals surface area (Å²) in [7, 11) is 0.